The van der Waals surface area contributed by atoms with Crippen LogP contribution < -0.4 is 5.32 Å². The third kappa shape index (κ3) is 2.05. The number of benzene rings is 1. The number of nitrogens with one attached hydrogen (secondary N) is 1. The van der Waals surface area contributed by atoms with Crippen molar-refractivity contribution in [3.8, 4) is 0 Å². The molecule has 2 unspecified atom stereocenters. The van der Waals surface area contributed by atoms with E-state index in [4.69, 9.17) is 4.98 Å². The Kier molecular flexibility index (Phi) is 2.81. The molecular formula is C15H18N2. The van der Waals surface area contributed by atoms with E-state index in [1.54, 1.807) is 0 Å². The zero-order valence-corrected chi connectivity index (χ0v) is 10.2. The van der Waals surface area contributed by atoms with Gasteiger partial charge in [-0.05, 0) is 37.6 Å². The zero-order valence-electron chi connectivity index (χ0n) is 10.2. The molecule has 0 saturated carbocycles. The van der Waals surface area contributed by atoms with Gasteiger partial charge < -0.3 is 5.32 Å². The van der Waals surface area contributed by atoms with Gasteiger partial charge in [-0.1, -0.05) is 31.2 Å². The first-order valence-electron chi connectivity index (χ1n) is 6.41. The average Bonchev–Trinajstić information content (AvgIpc) is 2.39. The Bertz CT molecular complexity index is 521. The van der Waals surface area contributed by atoms with Crippen LogP contribution in [0.25, 0.3) is 10.9 Å². The molecule has 2 nitrogen and oxygen atoms in total. The molecule has 1 aromatic carbocycles. The molecule has 88 valence electrons. The van der Waals surface area contributed by atoms with Crippen LogP contribution in [-0.2, 0) is 0 Å². The Morgan fingerprint density at radius 3 is 2.94 bits per heavy atom. The third-order valence-electron chi connectivity index (χ3n) is 3.79. The smallest absolute Gasteiger partial charge is 0.0705 e. The average molecular weight is 226 g/mol. The predicted octanol–water partition coefficient (Wildman–Crippen LogP) is 2.95. The first kappa shape index (κ1) is 10.7. The van der Waals surface area contributed by atoms with Crippen LogP contribution in [0.1, 0.15) is 25.0 Å². The summed E-state index contributed by atoms with van der Waals surface area (Å²) >= 11 is 0. The molecule has 0 amide bonds. The number of hydrogen-bond donors (Lipinski definition) is 1. The molecule has 2 aromatic rings. The number of aromatic nitrogens is 1. The highest BCUT2D eigenvalue weighted by Crippen LogP contribution is 2.29. The van der Waals surface area contributed by atoms with E-state index in [0.29, 0.717) is 11.8 Å². The lowest BCUT2D eigenvalue weighted by Crippen LogP contribution is -2.34. The molecule has 1 N–H and O–H groups in total. The van der Waals surface area contributed by atoms with Gasteiger partial charge >= 0.3 is 0 Å². The molecule has 0 radical (unpaired) electrons. The summed E-state index contributed by atoms with van der Waals surface area (Å²) in [5.41, 5.74) is 2.38. The van der Waals surface area contributed by atoms with Crippen LogP contribution in [0.15, 0.2) is 36.4 Å². The lowest BCUT2D eigenvalue weighted by molar-refractivity contribution is 0.345. The van der Waals surface area contributed by atoms with Crippen molar-refractivity contribution in [2.75, 3.05) is 13.1 Å². The van der Waals surface area contributed by atoms with E-state index in [-0.39, 0.29) is 0 Å². The molecule has 1 aliphatic heterocycles. The Morgan fingerprint density at radius 2 is 2.06 bits per heavy atom. The number of hydrogen-bond acceptors (Lipinski definition) is 2. The van der Waals surface area contributed by atoms with Crippen molar-refractivity contribution in [2.45, 2.75) is 19.3 Å². The van der Waals surface area contributed by atoms with Gasteiger partial charge in [0, 0.05) is 17.0 Å². The topological polar surface area (TPSA) is 24.9 Å². The summed E-state index contributed by atoms with van der Waals surface area (Å²) in [5, 5.41) is 4.68. The molecular weight excluding hydrogens is 208 g/mol. The molecule has 17 heavy (non-hydrogen) atoms. The van der Waals surface area contributed by atoms with Crippen molar-refractivity contribution in [1.82, 2.24) is 10.3 Å². The first-order chi connectivity index (χ1) is 8.34. The lowest BCUT2D eigenvalue weighted by atomic mass is 9.85. The van der Waals surface area contributed by atoms with Gasteiger partial charge in [-0.2, -0.15) is 0 Å². The fraction of sp³-hybridized carbons (Fsp3) is 0.400. The fourth-order valence-electron chi connectivity index (χ4n) is 2.74. The molecule has 1 aliphatic rings. The summed E-state index contributed by atoms with van der Waals surface area (Å²) in [6, 6.07) is 12.8. The van der Waals surface area contributed by atoms with Crippen molar-refractivity contribution in [2.24, 2.45) is 5.92 Å². The molecule has 1 aromatic heterocycles. The SMILES string of the molecule is CC1CNCCC1c1ccc2ccccc2n1. The fourth-order valence-corrected chi connectivity index (χ4v) is 2.74. The lowest BCUT2D eigenvalue weighted by Gasteiger charge is -2.29. The third-order valence-corrected chi connectivity index (χ3v) is 3.79. The van der Waals surface area contributed by atoms with E-state index in [9.17, 15) is 0 Å². The van der Waals surface area contributed by atoms with Crippen molar-refractivity contribution in [3.63, 3.8) is 0 Å². The van der Waals surface area contributed by atoms with E-state index in [0.717, 1.165) is 18.6 Å². The van der Waals surface area contributed by atoms with E-state index < -0.39 is 0 Å². The minimum atomic E-state index is 0.612. The minimum absolute atomic E-state index is 0.612. The number of pyridine rings is 1. The molecule has 0 aliphatic carbocycles. The number of fused-ring (bicyclic) bond motifs is 1. The van der Waals surface area contributed by atoms with Crippen molar-refractivity contribution in [1.29, 1.82) is 0 Å². The largest absolute Gasteiger partial charge is 0.316 e. The summed E-state index contributed by atoms with van der Waals surface area (Å²) in [7, 11) is 0. The van der Waals surface area contributed by atoms with Gasteiger partial charge in [-0.25, -0.2) is 0 Å². The summed E-state index contributed by atoms with van der Waals surface area (Å²) in [4.78, 5) is 4.82. The van der Waals surface area contributed by atoms with Crippen LogP contribution in [0.3, 0.4) is 0 Å². The molecule has 0 spiro atoms. The summed E-state index contributed by atoms with van der Waals surface area (Å²) in [6.45, 7) is 4.54. The van der Waals surface area contributed by atoms with Gasteiger partial charge in [0.15, 0.2) is 0 Å². The summed E-state index contributed by atoms with van der Waals surface area (Å²) in [5.74, 6) is 1.29. The zero-order chi connectivity index (χ0) is 11.7. The van der Waals surface area contributed by atoms with Crippen molar-refractivity contribution < 1.29 is 0 Å². The molecule has 2 heterocycles. The Morgan fingerprint density at radius 1 is 1.18 bits per heavy atom. The van der Waals surface area contributed by atoms with E-state index in [2.05, 4.69) is 48.6 Å². The minimum Gasteiger partial charge on any atom is -0.316 e. The second-order valence-electron chi connectivity index (χ2n) is 5.01. The number of para-hydroxylation sites is 1. The van der Waals surface area contributed by atoms with E-state index in [1.807, 2.05) is 0 Å². The number of nitrogens with zero attached hydrogens (tertiary/aromatic N) is 1. The molecule has 1 fully saturated rings. The maximum Gasteiger partial charge on any atom is 0.0705 e. The van der Waals surface area contributed by atoms with Gasteiger partial charge in [0.05, 0.1) is 5.52 Å². The molecule has 2 atom stereocenters. The molecule has 0 bridgehead atoms. The molecule has 2 heteroatoms. The standard InChI is InChI=1S/C15H18N2/c1-11-10-16-9-8-13(11)15-7-6-12-4-2-3-5-14(12)17-15/h2-7,11,13,16H,8-10H2,1H3. The highest BCUT2D eigenvalue weighted by Gasteiger charge is 2.23. The van der Waals surface area contributed by atoms with Crippen molar-refractivity contribution >= 4 is 10.9 Å². The Balaban J connectivity index is 1.99. The van der Waals surface area contributed by atoms with E-state index in [1.165, 1.54) is 17.5 Å². The highest BCUT2D eigenvalue weighted by atomic mass is 14.9. The first-order valence-corrected chi connectivity index (χ1v) is 6.41. The summed E-state index contributed by atoms with van der Waals surface area (Å²) < 4.78 is 0. The van der Waals surface area contributed by atoms with E-state index >= 15 is 0 Å². The second kappa shape index (κ2) is 4.46. The molecule has 1 saturated heterocycles. The second-order valence-corrected chi connectivity index (χ2v) is 5.01. The monoisotopic (exact) mass is 226 g/mol. The number of rotatable bonds is 1. The van der Waals surface area contributed by atoms with Crippen LogP contribution in [0.5, 0.6) is 0 Å². The summed E-state index contributed by atoms with van der Waals surface area (Å²) in [6.07, 6.45) is 1.20. The highest BCUT2D eigenvalue weighted by molar-refractivity contribution is 5.78. The maximum absolute atomic E-state index is 4.82. The number of piperidine rings is 1. The van der Waals surface area contributed by atoms with Gasteiger partial charge in [0.25, 0.3) is 0 Å². The normalized spacial score (nSPS) is 25.0. The van der Waals surface area contributed by atoms with Gasteiger partial charge in [-0.3, -0.25) is 4.98 Å². The van der Waals surface area contributed by atoms with Crippen LogP contribution in [-0.4, -0.2) is 18.1 Å². The quantitative estimate of drug-likeness (QED) is 0.808. The predicted molar refractivity (Wildman–Crippen MR) is 71.1 cm³/mol. The van der Waals surface area contributed by atoms with Gasteiger partial charge in [0.2, 0.25) is 0 Å². The Labute approximate surface area is 102 Å². The van der Waals surface area contributed by atoms with Gasteiger partial charge in [-0.15, -0.1) is 0 Å². The van der Waals surface area contributed by atoms with Crippen LogP contribution in [0.2, 0.25) is 0 Å². The van der Waals surface area contributed by atoms with Crippen LogP contribution in [0.4, 0.5) is 0 Å². The van der Waals surface area contributed by atoms with Crippen LogP contribution >= 0.6 is 0 Å². The maximum atomic E-state index is 4.82. The van der Waals surface area contributed by atoms with Gasteiger partial charge in [0.1, 0.15) is 0 Å². The van der Waals surface area contributed by atoms with Crippen molar-refractivity contribution in [3.05, 3.63) is 42.1 Å². The van der Waals surface area contributed by atoms with Crippen LogP contribution in [0, 0.1) is 5.92 Å². The molecule has 3 rings (SSSR count). The Hall–Kier alpha value is -1.41.